The van der Waals surface area contributed by atoms with E-state index in [-0.39, 0.29) is 0 Å². The largest absolute Gasteiger partial charge is 0.290 e. The van der Waals surface area contributed by atoms with E-state index in [0.717, 1.165) is 74.9 Å². The van der Waals surface area contributed by atoms with E-state index in [0.29, 0.717) is 0 Å². The lowest BCUT2D eigenvalue weighted by molar-refractivity contribution is 0.191. The number of aromatic nitrogens is 3. The van der Waals surface area contributed by atoms with Crippen LogP contribution in [0.1, 0.15) is 29.9 Å². The summed E-state index contributed by atoms with van der Waals surface area (Å²) in [4.78, 5) is 23.1. The summed E-state index contributed by atoms with van der Waals surface area (Å²) in [7, 11) is 0. The van der Waals surface area contributed by atoms with Crippen molar-refractivity contribution in [3.8, 4) is 0 Å². The van der Waals surface area contributed by atoms with Gasteiger partial charge in [-0.15, -0.1) is 0 Å². The monoisotopic (exact) mass is 426 g/mol. The smallest absolute Gasteiger partial charge is 0.0544 e. The number of allylic oxidation sites excluding steroid dienone is 1. The molecule has 0 spiro atoms. The molecular formula is C26H30N6. The highest BCUT2D eigenvalue weighted by molar-refractivity contribution is 5.60. The quantitative estimate of drug-likeness (QED) is 0.462. The van der Waals surface area contributed by atoms with E-state index >= 15 is 0 Å². The second-order valence-corrected chi connectivity index (χ2v) is 7.97. The highest BCUT2D eigenvalue weighted by Crippen LogP contribution is 2.13. The Morgan fingerprint density at radius 2 is 1.09 bits per heavy atom. The molecule has 0 saturated heterocycles. The van der Waals surface area contributed by atoms with Gasteiger partial charge in [-0.2, -0.15) is 0 Å². The fourth-order valence-corrected chi connectivity index (χ4v) is 3.77. The van der Waals surface area contributed by atoms with Crippen LogP contribution in [0.25, 0.3) is 0 Å². The maximum absolute atomic E-state index is 4.61. The Hall–Kier alpha value is -3.22. The van der Waals surface area contributed by atoms with Crippen molar-refractivity contribution in [2.24, 2.45) is 4.99 Å². The van der Waals surface area contributed by atoms with Crippen LogP contribution in [0.5, 0.6) is 0 Å². The summed E-state index contributed by atoms with van der Waals surface area (Å²) in [6.45, 7) is 5.01. The summed E-state index contributed by atoms with van der Waals surface area (Å²) < 4.78 is 0. The van der Waals surface area contributed by atoms with Crippen LogP contribution in [0.2, 0.25) is 0 Å². The van der Waals surface area contributed by atoms with Crippen molar-refractivity contribution in [1.29, 1.82) is 0 Å². The lowest BCUT2D eigenvalue weighted by atomic mass is 10.2. The molecule has 0 unspecified atom stereocenters. The van der Waals surface area contributed by atoms with E-state index in [4.69, 9.17) is 0 Å². The normalized spacial score (nSPS) is 13.5. The van der Waals surface area contributed by atoms with Crippen molar-refractivity contribution in [2.45, 2.75) is 32.5 Å². The molecule has 6 nitrogen and oxygen atoms in total. The fourth-order valence-electron chi connectivity index (χ4n) is 3.77. The van der Waals surface area contributed by atoms with E-state index in [1.54, 1.807) is 0 Å². The van der Waals surface area contributed by atoms with Gasteiger partial charge in [0.2, 0.25) is 0 Å². The first kappa shape index (κ1) is 22.0. The molecule has 6 heteroatoms. The molecule has 0 aromatic carbocycles. The minimum absolute atomic E-state index is 0.787. The molecule has 164 valence electrons. The van der Waals surface area contributed by atoms with Gasteiger partial charge in [0.15, 0.2) is 0 Å². The summed E-state index contributed by atoms with van der Waals surface area (Å²) in [5, 5.41) is 0. The molecule has 0 aliphatic carbocycles. The standard InChI is InChI=1S/C26H30N6/c1-5-13-27-23(9-1)19-31(20-24-10-2-6-14-28-24)17-18-32(21-25-11-3-7-15-29-25)22-26-12-4-8-16-30-26/h1-3,5-7,9-16H,4,8,17-22H2. The molecule has 1 aliphatic rings. The molecule has 0 N–H and O–H groups in total. The van der Waals surface area contributed by atoms with Gasteiger partial charge in [0.25, 0.3) is 0 Å². The van der Waals surface area contributed by atoms with E-state index in [9.17, 15) is 0 Å². The second kappa shape index (κ2) is 12.0. The Morgan fingerprint density at radius 1 is 0.594 bits per heavy atom. The Bertz CT molecular complexity index is 947. The first-order valence-electron chi connectivity index (χ1n) is 11.2. The molecule has 0 bridgehead atoms. The zero-order chi connectivity index (χ0) is 21.8. The van der Waals surface area contributed by atoms with Crippen LogP contribution >= 0.6 is 0 Å². The number of aliphatic imine (C=N–C) groups is 1. The van der Waals surface area contributed by atoms with E-state index in [2.05, 4.69) is 54.0 Å². The summed E-state index contributed by atoms with van der Waals surface area (Å²) in [6, 6.07) is 18.3. The molecule has 0 amide bonds. The minimum atomic E-state index is 0.787. The summed E-state index contributed by atoms with van der Waals surface area (Å²) in [6.07, 6.45) is 12.0. The lowest BCUT2D eigenvalue weighted by Gasteiger charge is -2.28. The number of pyridine rings is 3. The highest BCUT2D eigenvalue weighted by Gasteiger charge is 2.14. The van der Waals surface area contributed by atoms with Gasteiger partial charge in [-0.25, -0.2) is 0 Å². The van der Waals surface area contributed by atoms with Gasteiger partial charge in [-0.1, -0.05) is 24.3 Å². The van der Waals surface area contributed by atoms with Crippen molar-refractivity contribution in [1.82, 2.24) is 24.8 Å². The predicted octanol–water partition coefficient (Wildman–Crippen LogP) is 4.12. The van der Waals surface area contributed by atoms with Gasteiger partial charge < -0.3 is 0 Å². The van der Waals surface area contributed by atoms with Crippen LogP contribution in [0.3, 0.4) is 0 Å². The number of nitrogens with zero attached hydrogens (tertiary/aromatic N) is 6. The Labute approximate surface area is 190 Å². The molecular weight excluding hydrogens is 396 g/mol. The van der Waals surface area contributed by atoms with Gasteiger partial charge >= 0.3 is 0 Å². The van der Waals surface area contributed by atoms with Crippen LogP contribution in [-0.4, -0.2) is 50.6 Å². The molecule has 1 aliphatic heterocycles. The van der Waals surface area contributed by atoms with Gasteiger partial charge in [0, 0.05) is 64.1 Å². The van der Waals surface area contributed by atoms with Crippen LogP contribution in [0.4, 0.5) is 0 Å². The van der Waals surface area contributed by atoms with Gasteiger partial charge in [0.1, 0.15) is 0 Å². The van der Waals surface area contributed by atoms with E-state index < -0.39 is 0 Å². The molecule has 0 radical (unpaired) electrons. The van der Waals surface area contributed by atoms with Crippen molar-refractivity contribution in [3.63, 3.8) is 0 Å². The summed E-state index contributed by atoms with van der Waals surface area (Å²) >= 11 is 0. The number of rotatable bonds is 11. The average molecular weight is 427 g/mol. The number of hydrogen-bond acceptors (Lipinski definition) is 6. The van der Waals surface area contributed by atoms with Gasteiger partial charge in [-0.3, -0.25) is 29.7 Å². The Morgan fingerprint density at radius 3 is 1.50 bits per heavy atom. The van der Waals surface area contributed by atoms with Crippen molar-refractivity contribution >= 4 is 6.21 Å². The lowest BCUT2D eigenvalue weighted by Crippen LogP contribution is -2.36. The molecule has 0 saturated carbocycles. The fraction of sp³-hybridized carbons (Fsp3) is 0.308. The highest BCUT2D eigenvalue weighted by atomic mass is 15.2. The molecule has 4 heterocycles. The first-order valence-corrected chi connectivity index (χ1v) is 11.2. The molecule has 0 atom stereocenters. The zero-order valence-electron chi connectivity index (χ0n) is 18.4. The molecule has 0 fully saturated rings. The maximum atomic E-state index is 4.61. The summed E-state index contributed by atoms with van der Waals surface area (Å²) in [5.74, 6) is 0. The van der Waals surface area contributed by atoms with Crippen molar-refractivity contribution < 1.29 is 0 Å². The van der Waals surface area contributed by atoms with Crippen LogP contribution in [0.15, 0.2) is 90.0 Å². The summed E-state index contributed by atoms with van der Waals surface area (Å²) in [5.41, 5.74) is 4.36. The molecule has 3 aromatic heterocycles. The molecule has 32 heavy (non-hydrogen) atoms. The van der Waals surface area contributed by atoms with Gasteiger partial charge in [-0.05, 0) is 49.2 Å². The Kier molecular flexibility index (Phi) is 8.23. The SMILES string of the molecule is C1=NC(CN(CCN(Cc2ccccn2)Cc2ccccn2)Cc2ccccn2)=CCC1. The third-order valence-electron chi connectivity index (χ3n) is 5.39. The van der Waals surface area contributed by atoms with Gasteiger partial charge in [0.05, 0.1) is 22.8 Å². The molecule has 4 rings (SSSR count). The van der Waals surface area contributed by atoms with E-state index in [1.807, 2.05) is 61.2 Å². The second-order valence-electron chi connectivity index (χ2n) is 7.97. The average Bonchev–Trinajstić information content (AvgIpc) is 2.85. The Balaban J connectivity index is 1.45. The minimum Gasteiger partial charge on any atom is -0.290 e. The zero-order valence-corrected chi connectivity index (χ0v) is 18.4. The van der Waals surface area contributed by atoms with E-state index in [1.165, 1.54) is 0 Å². The van der Waals surface area contributed by atoms with Crippen LogP contribution in [-0.2, 0) is 19.6 Å². The third kappa shape index (κ3) is 7.18. The number of hydrogen-bond donors (Lipinski definition) is 0. The topological polar surface area (TPSA) is 57.5 Å². The van der Waals surface area contributed by atoms with Crippen LogP contribution < -0.4 is 0 Å². The predicted molar refractivity (Wildman–Crippen MR) is 128 cm³/mol. The third-order valence-corrected chi connectivity index (χ3v) is 5.39. The van der Waals surface area contributed by atoms with Crippen molar-refractivity contribution in [2.75, 3.05) is 19.6 Å². The van der Waals surface area contributed by atoms with Crippen molar-refractivity contribution in [3.05, 3.63) is 102 Å². The maximum Gasteiger partial charge on any atom is 0.0544 e. The first-order chi connectivity index (χ1) is 15.8. The molecule has 3 aromatic rings. The van der Waals surface area contributed by atoms with Crippen LogP contribution in [0, 0.1) is 0 Å².